The Labute approximate surface area is 92.9 Å². The largest absolute Gasteiger partial charge is 0.497 e. The van der Waals surface area contributed by atoms with Crippen molar-refractivity contribution in [3.05, 3.63) is 35.7 Å². The van der Waals surface area contributed by atoms with Crippen molar-refractivity contribution in [1.82, 2.24) is 0 Å². The highest BCUT2D eigenvalue weighted by molar-refractivity contribution is 6.04. The van der Waals surface area contributed by atoms with Crippen LogP contribution in [0.25, 0.3) is 0 Å². The first-order valence-electron chi connectivity index (χ1n) is 5.04. The highest BCUT2D eigenvalue weighted by Gasteiger charge is 2.16. The Morgan fingerprint density at radius 3 is 2.81 bits per heavy atom. The van der Waals surface area contributed by atoms with E-state index in [0.717, 1.165) is 12.8 Å². The van der Waals surface area contributed by atoms with Gasteiger partial charge in [0.25, 0.3) is 5.91 Å². The fraction of sp³-hybridized carbons (Fsp3) is 0.250. The Hall–Kier alpha value is -1.84. The van der Waals surface area contributed by atoms with Gasteiger partial charge in [0, 0.05) is 11.6 Å². The molecular formula is C12H12FNO2. The number of benzene rings is 1. The maximum Gasteiger partial charge on any atom is 0.251 e. The Morgan fingerprint density at radius 2 is 2.25 bits per heavy atom. The summed E-state index contributed by atoms with van der Waals surface area (Å²) in [5, 5.41) is 2.52. The second kappa shape index (κ2) is 4.35. The standard InChI is InChI=1S/C12H12FNO2/c1-16-9-5-6-10(13)11(7-9)14-12(15)8-3-2-4-8/h3,5-7H,2,4H2,1H3,(H,14,15). The van der Waals surface area contributed by atoms with Crippen LogP contribution in [0.3, 0.4) is 0 Å². The second-order valence-electron chi connectivity index (χ2n) is 3.57. The minimum absolute atomic E-state index is 0.150. The van der Waals surface area contributed by atoms with Gasteiger partial charge in [-0.3, -0.25) is 4.79 Å². The minimum atomic E-state index is -0.464. The van der Waals surface area contributed by atoms with Crippen LogP contribution in [0, 0.1) is 5.82 Å². The van der Waals surface area contributed by atoms with Gasteiger partial charge in [-0.05, 0) is 25.0 Å². The van der Waals surface area contributed by atoms with E-state index in [9.17, 15) is 9.18 Å². The molecule has 1 N–H and O–H groups in total. The molecule has 1 amide bonds. The van der Waals surface area contributed by atoms with Gasteiger partial charge >= 0.3 is 0 Å². The average Bonchev–Trinajstić information content (AvgIpc) is 2.18. The molecular weight excluding hydrogens is 209 g/mol. The molecule has 0 radical (unpaired) electrons. The number of rotatable bonds is 3. The van der Waals surface area contributed by atoms with Crippen molar-refractivity contribution in [2.24, 2.45) is 0 Å². The summed E-state index contributed by atoms with van der Waals surface area (Å²) in [6.07, 6.45) is 3.52. The SMILES string of the molecule is COc1ccc(F)c(NC(=O)C2=CCC2)c1. The Balaban J connectivity index is 2.16. The summed E-state index contributed by atoms with van der Waals surface area (Å²) in [5.41, 5.74) is 0.861. The van der Waals surface area contributed by atoms with Gasteiger partial charge in [0.05, 0.1) is 12.8 Å². The summed E-state index contributed by atoms with van der Waals surface area (Å²) in [7, 11) is 1.49. The smallest absolute Gasteiger partial charge is 0.251 e. The second-order valence-corrected chi connectivity index (χ2v) is 3.57. The molecule has 1 aliphatic carbocycles. The number of carbonyl (C=O) groups excluding carboxylic acids is 1. The van der Waals surface area contributed by atoms with Crippen molar-refractivity contribution in [1.29, 1.82) is 0 Å². The van der Waals surface area contributed by atoms with Crippen LogP contribution < -0.4 is 10.1 Å². The number of methoxy groups -OCH3 is 1. The number of hydrogen-bond donors (Lipinski definition) is 1. The zero-order chi connectivity index (χ0) is 11.5. The van der Waals surface area contributed by atoms with Crippen LogP contribution >= 0.6 is 0 Å². The molecule has 0 aromatic heterocycles. The molecule has 4 heteroatoms. The van der Waals surface area contributed by atoms with E-state index in [4.69, 9.17) is 4.74 Å². The maximum absolute atomic E-state index is 13.4. The molecule has 0 bridgehead atoms. The Bertz CT molecular complexity index is 454. The number of allylic oxidation sites excluding steroid dienone is 1. The fourth-order valence-corrected chi connectivity index (χ4v) is 1.42. The number of amides is 1. The lowest BCUT2D eigenvalue weighted by Gasteiger charge is -2.14. The van der Waals surface area contributed by atoms with Crippen molar-refractivity contribution < 1.29 is 13.9 Å². The Morgan fingerprint density at radius 1 is 1.50 bits per heavy atom. The van der Waals surface area contributed by atoms with Crippen molar-refractivity contribution in [3.63, 3.8) is 0 Å². The van der Waals surface area contributed by atoms with Crippen LogP contribution in [0.5, 0.6) is 5.75 Å². The van der Waals surface area contributed by atoms with Crippen molar-refractivity contribution >= 4 is 11.6 Å². The van der Waals surface area contributed by atoms with Crippen molar-refractivity contribution in [2.75, 3.05) is 12.4 Å². The van der Waals surface area contributed by atoms with E-state index < -0.39 is 5.82 Å². The average molecular weight is 221 g/mol. The number of carbonyl (C=O) groups is 1. The summed E-state index contributed by atoms with van der Waals surface area (Å²) < 4.78 is 18.3. The summed E-state index contributed by atoms with van der Waals surface area (Å²) in [5.74, 6) is -0.188. The molecule has 0 fully saturated rings. The van der Waals surface area contributed by atoms with Gasteiger partial charge in [-0.2, -0.15) is 0 Å². The summed E-state index contributed by atoms with van der Waals surface area (Å²) >= 11 is 0. The molecule has 0 unspecified atom stereocenters. The molecule has 1 aromatic rings. The summed E-state index contributed by atoms with van der Waals surface area (Å²) in [4.78, 5) is 11.6. The van der Waals surface area contributed by atoms with E-state index >= 15 is 0 Å². The lowest BCUT2D eigenvalue weighted by atomic mass is 9.98. The van der Waals surface area contributed by atoms with Crippen LogP contribution in [0.1, 0.15) is 12.8 Å². The predicted molar refractivity (Wildman–Crippen MR) is 58.9 cm³/mol. The van der Waals surface area contributed by atoms with Crippen LogP contribution in [0.4, 0.5) is 10.1 Å². The molecule has 0 heterocycles. The monoisotopic (exact) mass is 221 g/mol. The summed E-state index contributed by atoms with van der Waals surface area (Å²) in [6.45, 7) is 0. The van der Waals surface area contributed by atoms with E-state index in [-0.39, 0.29) is 11.6 Å². The minimum Gasteiger partial charge on any atom is -0.497 e. The quantitative estimate of drug-likeness (QED) is 0.851. The molecule has 0 saturated carbocycles. The highest BCUT2D eigenvalue weighted by atomic mass is 19.1. The number of nitrogens with one attached hydrogen (secondary N) is 1. The third-order valence-electron chi connectivity index (χ3n) is 2.52. The van der Waals surface area contributed by atoms with Crippen molar-refractivity contribution in [3.8, 4) is 5.75 Å². The van der Waals surface area contributed by atoms with Gasteiger partial charge in [0.15, 0.2) is 0 Å². The van der Waals surface area contributed by atoms with Crippen LogP contribution in [0.15, 0.2) is 29.8 Å². The number of hydrogen-bond acceptors (Lipinski definition) is 2. The van der Waals surface area contributed by atoms with E-state index in [1.807, 2.05) is 6.08 Å². The predicted octanol–water partition coefficient (Wildman–Crippen LogP) is 2.49. The van der Waals surface area contributed by atoms with E-state index in [1.54, 1.807) is 0 Å². The zero-order valence-electron chi connectivity index (χ0n) is 8.92. The molecule has 0 aliphatic heterocycles. The molecule has 1 aliphatic rings. The highest BCUT2D eigenvalue weighted by Crippen LogP contribution is 2.24. The lowest BCUT2D eigenvalue weighted by molar-refractivity contribution is -0.113. The third kappa shape index (κ3) is 2.05. The molecule has 2 rings (SSSR count). The first kappa shape index (κ1) is 10.7. The molecule has 0 saturated heterocycles. The van der Waals surface area contributed by atoms with Gasteiger partial charge < -0.3 is 10.1 Å². The third-order valence-corrected chi connectivity index (χ3v) is 2.52. The molecule has 0 spiro atoms. The topological polar surface area (TPSA) is 38.3 Å². The van der Waals surface area contributed by atoms with E-state index in [2.05, 4.69) is 5.32 Å². The lowest BCUT2D eigenvalue weighted by Crippen LogP contribution is -2.18. The van der Waals surface area contributed by atoms with Gasteiger partial charge in [0.2, 0.25) is 0 Å². The van der Waals surface area contributed by atoms with Gasteiger partial charge in [-0.15, -0.1) is 0 Å². The first-order valence-corrected chi connectivity index (χ1v) is 5.04. The van der Waals surface area contributed by atoms with E-state index in [1.165, 1.54) is 25.3 Å². The molecule has 84 valence electrons. The Kier molecular flexibility index (Phi) is 2.90. The van der Waals surface area contributed by atoms with Crippen LogP contribution in [-0.4, -0.2) is 13.0 Å². The molecule has 0 atom stereocenters. The van der Waals surface area contributed by atoms with Gasteiger partial charge in [-0.1, -0.05) is 6.08 Å². The van der Waals surface area contributed by atoms with E-state index in [0.29, 0.717) is 11.3 Å². The number of ether oxygens (including phenoxy) is 1. The molecule has 3 nitrogen and oxygen atoms in total. The van der Waals surface area contributed by atoms with Crippen molar-refractivity contribution in [2.45, 2.75) is 12.8 Å². The molecule has 1 aromatic carbocycles. The fourth-order valence-electron chi connectivity index (χ4n) is 1.42. The summed E-state index contributed by atoms with van der Waals surface area (Å²) in [6, 6.07) is 4.24. The zero-order valence-corrected chi connectivity index (χ0v) is 8.92. The van der Waals surface area contributed by atoms with Gasteiger partial charge in [-0.25, -0.2) is 4.39 Å². The number of halogens is 1. The van der Waals surface area contributed by atoms with Crippen LogP contribution in [0.2, 0.25) is 0 Å². The van der Waals surface area contributed by atoms with Gasteiger partial charge in [0.1, 0.15) is 11.6 Å². The first-order chi connectivity index (χ1) is 7.70. The van der Waals surface area contributed by atoms with Crippen LogP contribution in [-0.2, 0) is 4.79 Å². The maximum atomic E-state index is 13.4. The normalized spacial score (nSPS) is 13.8. The molecule has 16 heavy (non-hydrogen) atoms. The number of anilines is 1.